The molecule has 1 atom stereocenters. The summed E-state index contributed by atoms with van der Waals surface area (Å²) in [5.74, 6) is 1.26. The Balaban J connectivity index is 2.57. The average Bonchev–Trinajstić information content (AvgIpc) is 2.26. The van der Waals surface area contributed by atoms with Crippen LogP contribution in [0.15, 0.2) is 24.3 Å². The second-order valence-corrected chi connectivity index (χ2v) is 2.85. The maximum atomic E-state index is 9.19. The van der Waals surface area contributed by atoms with Crippen LogP contribution in [0.2, 0.25) is 0 Å². The molecule has 1 aromatic carbocycles. The highest BCUT2D eigenvalue weighted by atomic mass is 16.5. The summed E-state index contributed by atoms with van der Waals surface area (Å²) in [5.41, 5.74) is 5.25. The van der Waals surface area contributed by atoms with E-state index in [4.69, 9.17) is 15.2 Å². The summed E-state index contributed by atoms with van der Waals surface area (Å²) in [6.07, 6.45) is -0.639. The van der Waals surface area contributed by atoms with E-state index in [0.717, 1.165) is 0 Å². The van der Waals surface area contributed by atoms with Gasteiger partial charge in [0, 0.05) is 6.54 Å². The lowest BCUT2D eigenvalue weighted by atomic mass is 10.3. The van der Waals surface area contributed by atoms with Crippen LogP contribution in [0.25, 0.3) is 0 Å². The van der Waals surface area contributed by atoms with E-state index in [1.54, 1.807) is 19.2 Å². The van der Waals surface area contributed by atoms with E-state index in [9.17, 15) is 5.11 Å². The lowest BCUT2D eigenvalue weighted by molar-refractivity contribution is 0.112. The van der Waals surface area contributed by atoms with Gasteiger partial charge in [-0.2, -0.15) is 0 Å². The summed E-state index contributed by atoms with van der Waals surface area (Å²) in [7, 11) is 1.57. The number of hydrogen-bond donors (Lipinski definition) is 2. The SMILES string of the molecule is COc1ccccc1OC[C@H](O)CN. The van der Waals surface area contributed by atoms with Crippen molar-refractivity contribution in [1.29, 1.82) is 0 Å². The molecule has 14 heavy (non-hydrogen) atoms. The van der Waals surface area contributed by atoms with Gasteiger partial charge in [-0.05, 0) is 12.1 Å². The molecule has 0 bridgehead atoms. The predicted molar refractivity (Wildman–Crippen MR) is 53.6 cm³/mol. The molecule has 0 saturated carbocycles. The van der Waals surface area contributed by atoms with Crippen molar-refractivity contribution in [2.24, 2.45) is 5.73 Å². The van der Waals surface area contributed by atoms with Gasteiger partial charge < -0.3 is 20.3 Å². The van der Waals surface area contributed by atoms with Crippen LogP contribution in [0.4, 0.5) is 0 Å². The molecule has 1 rings (SSSR count). The first kappa shape index (κ1) is 10.8. The van der Waals surface area contributed by atoms with Crippen LogP contribution < -0.4 is 15.2 Å². The van der Waals surface area contributed by atoms with Crippen LogP contribution in [0.5, 0.6) is 11.5 Å². The molecular weight excluding hydrogens is 182 g/mol. The summed E-state index contributed by atoms with van der Waals surface area (Å²) in [6.45, 7) is 0.367. The number of para-hydroxylation sites is 2. The third kappa shape index (κ3) is 2.90. The standard InChI is InChI=1S/C10H15NO3/c1-13-9-4-2-3-5-10(9)14-7-8(12)6-11/h2-5,8,12H,6-7,11H2,1H3/t8-/m1/s1. The van der Waals surface area contributed by atoms with E-state index in [1.165, 1.54) is 0 Å². The highest BCUT2D eigenvalue weighted by molar-refractivity contribution is 5.39. The zero-order valence-corrected chi connectivity index (χ0v) is 8.14. The fraction of sp³-hybridized carbons (Fsp3) is 0.400. The summed E-state index contributed by atoms with van der Waals surface area (Å²) >= 11 is 0. The minimum atomic E-state index is -0.639. The Bertz CT molecular complexity index is 278. The Kier molecular flexibility index (Phi) is 4.22. The number of hydrogen-bond acceptors (Lipinski definition) is 4. The summed E-state index contributed by atoms with van der Waals surface area (Å²) in [5, 5.41) is 9.19. The zero-order chi connectivity index (χ0) is 10.4. The van der Waals surface area contributed by atoms with Crippen molar-refractivity contribution in [2.75, 3.05) is 20.3 Å². The van der Waals surface area contributed by atoms with Crippen molar-refractivity contribution < 1.29 is 14.6 Å². The summed E-state index contributed by atoms with van der Waals surface area (Å²) in [4.78, 5) is 0. The molecule has 0 unspecified atom stereocenters. The molecule has 3 N–H and O–H groups in total. The van der Waals surface area contributed by atoms with E-state index in [-0.39, 0.29) is 13.2 Å². The van der Waals surface area contributed by atoms with Crippen LogP contribution in [-0.2, 0) is 0 Å². The van der Waals surface area contributed by atoms with Crippen molar-refractivity contribution in [2.45, 2.75) is 6.10 Å². The monoisotopic (exact) mass is 197 g/mol. The second kappa shape index (κ2) is 5.47. The molecule has 0 aliphatic heterocycles. The maximum absolute atomic E-state index is 9.19. The topological polar surface area (TPSA) is 64.7 Å². The first-order valence-electron chi connectivity index (χ1n) is 4.42. The van der Waals surface area contributed by atoms with Crippen molar-refractivity contribution in [3.8, 4) is 11.5 Å². The third-order valence-electron chi connectivity index (χ3n) is 1.77. The van der Waals surface area contributed by atoms with E-state index in [1.807, 2.05) is 12.1 Å². The molecule has 4 nitrogen and oxygen atoms in total. The molecule has 78 valence electrons. The van der Waals surface area contributed by atoms with E-state index in [0.29, 0.717) is 11.5 Å². The van der Waals surface area contributed by atoms with Crippen LogP contribution >= 0.6 is 0 Å². The van der Waals surface area contributed by atoms with E-state index in [2.05, 4.69) is 0 Å². The van der Waals surface area contributed by atoms with Gasteiger partial charge in [-0.15, -0.1) is 0 Å². The fourth-order valence-electron chi connectivity index (χ4n) is 0.992. The van der Waals surface area contributed by atoms with Crippen LogP contribution in [0, 0.1) is 0 Å². The van der Waals surface area contributed by atoms with E-state index < -0.39 is 6.10 Å². The molecule has 0 radical (unpaired) electrons. The van der Waals surface area contributed by atoms with Gasteiger partial charge in [-0.1, -0.05) is 12.1 Å². The zero-order valence-electron chi connectivity index (χ0n) is 8.14. The Morgan fingerprint density at radius 2 is 2.00 bits per heavy atom. The molecule has 0 saturated heterocycles. The molecule has 0 heterocycles. The Hall–Kier alpha value is -1.26. The van der Waals surface area contributed by atoms with Gasteiger partial charge in [0.1, 0.15) is 12.7 Å². The molecule has 1 aromatic rings. The fourth-order valence-corrected chi connectivity index (χ4v) is 0.992. The number of methoxy groups -OCH3 is 1. The molecule has 0 amide bonds. The number of ether oxygens (including phenoxy) is 2. The van der Waals surface area contributed by atoms with Crippen LogP contribution in [-0.4, -0.2) is 31.5 Å². The van der Waals surface area contributed by atoms with Gasteiger partial charge >= 0.3 is 0 Å². The Morgan fingerprint density at radius 1 is 1.36 bits per heavy atom. The van der Waals surface area contributed by atoms with Crippen LogP contribution in [0.3, 0.4) is 0 Å². The quantitative estimate of drug-likeness (QED) is 0.716. The molecule has 0 aliphatic rings. The van der Waals surface area contributed by atoms with Gasteiger partial charge in [-0.3, -0.25) is 0 Å². The highest BCUT2D eigenvalue weighted by Gasteiger charge is 2.05. The van der Waals surface area contributed by atoms with Crippen molar-refractivity contribution in [3.63, 3.8) is 0 Å². The summed E-state index contributed by atoms with van der Waals surface area (Å²) in [6, 6.07) is 7.27. The average molecular weight is 197 g/mol. The minimum Gasteiger partial charge on any atom is -0.493 e. The second-order valence-electron chi connectivity index (χ2n) is 2.85. The number of aliphatic hydroxyl groups is 1. The summed E-state index contributed by atoms with van der Waals surface area (Å²) < 4.78 is 10.4. The lowest BCUT2D eigenvalue weighted by Crippen LogP contribution is -2.26. The molecular formula is C10H15NO3. The lowest BCUT2D eigenvalue weighted by Gasteiger charge is -2.12. The number of rotatable bonds is 5. The van der Waals surface area contributed by atoms with E-state index >= 15 is 0 Å². The molecule has 0 aliphatic carbocycles. The van der Waals surface area contributed by atoms with Gasteiger partial charge in [0.05, 0.1) is 7.11 Å². The van der Waals surface area contributed by atoms with Gasteiger partial charge in [0.15, 0.2) is 11.5 Å². The third-order valence-corrected chi connectivity index (χ3v) is 1.77. The van der Waals surface area contributed by atoms with Crippen LogP contribution in [0.1, 0.15) is 0 Å². The normalized spacial score (nSPS) is 12.2. The number of nitrogens with two attached hydrogens (primary N) is 1. The van der Waals surface area contributed by atoms with Gasteiger partial charge in [0.25, 0.3) is 0 Å². The predicted octanol–water partition coefficient (Wildman–Crippen LogP) is 0.394. The molecule has 0 fully saturated rings. The number of aliphatic hydroxyl groups excluding tert-OH is 1. The van der Waals surface area contributed by atoms with Gasteiger partial charge in [-0.25, -0.2) is 0 Å². The molecule has 4 heteroatoms. The molecule has 0 spiro atoms. The minimum absolute atomic E-state index is 0.177. The Morgan fingerprint density at radius 3 is 2.57 bits per heavy atom. The van der Waals surface area contributed by atoms with Crippen molar-refractivity contribution in [3.05, 3.63) is 24.3 Å². The van der Waals surface area contributed by atoms with Crippen molar-refractivity contribution in [1.82, 2.24) is 0 Å². The first-order chi connectivity index (χ1) is 6.77. The first-order valence-corrected chi connectivity index (χ1v) is 4.42. The Labute approximate surface area is 83.3 Å². The largest absolute Gasteiger partial charge is 0.493 e. The van der Waals surface area contributed by atoms with Gasteiger partial charge in [0.2, 0.25) is 0 Å². The maximum Gasteiger partial charge on any atom is 0.161 e. The number of benzene rings is 1. The highest BCUT2D eigenvalue weighted by Crippen LogP contribution is 2.25. The smallest absolute Gasteiger partial charge is 0.161 e. The van der Waals surface area contributed by atoms with Crippen molar-refractivity contribution >= 4 is 0 Å². The molecule has 0 aromatic heterocycles.